The number of nitrogens with zero attached hydrogens (tertiary/aromatic N) is 1. The van der Waals surface area contributed by atoms with Gasteiger partial charge in [0.25, 0.3) is 0 Å². The minimum Gasteiger partial charge on any atom is -0.371 e. The van der Waals surface area contributed by atoms with Crippen LogP contribution in [0.4, 0.5) is 5.69 Å². The van der Waals surface area contributed by atoms with Gasteiger partial charge in [-0.15, -0.1) is 0 Å². The molecular weight excluding hydrogens is 208 g/mol. The van der Waals surface area contributed by atoms with Crippen LogP contribution in [0.5, 0.6) is 0 Å². The van der Waals surface area contributed by atoms with Gasteiger partial charge in [-0.1, -0.05) is 32.0 Å². The molecule has 0 aromatic heterocycles. The van der Waals surface area contributed by atoms with Crippen molar-refractivity contribution >= 4 is 5.69 Å². The number of anilines is 1. The van der Waals surface area contributed by atoms with Crippen LogP contribution in [-0.4, -0.2) is 19.1 Å². The third-order valence-corrected chi connectivity index (χ3v) is 3.73. The summed E-state index contributed by atoms with van der Waals surface area (Å²) in [6, 6.07) is 9.14. The lowest BCUT2D eigenvalue weighted by Crippen LogP contribution is -2.37. The van der Waals surface area contributed by atoms with E-state index in [0.717, 1.165) is 25.3 Å². The summed E-state index contributed by atoms with van der Waals surface area (Å²) in [6.45, 7) is 6.77. The predicted octanol–water partition coefficient (Wildman–Crippen LogP) is 2.81. The van der Waals surface area contributed by atoms with Crippen LogP contribution in [0.2, 0.25) is 0 Å². The Morgan fingerprint density at radius 3 is 2.94 bits per heavy atom. The second-order valence-corrected chi connectivity index (χ2v) is 5.34. The second kappa shape index (κ2) is 5.54. The van der Waals surface area contributed by atoms with Crippen molar-refractivity contribution < 1.29 is 0 Å². The molecule has 94 valence electrons. The summed E-state index contributed by atoms with van der Waals surface area (Å²) in [4.78, 5) is 2.51. The summed E-state index contributed by atoms with van der Waals surface area (Å²) >= 11 is 0. The fraction of sp³-hybridized carbons (Fsp3) is 0.600. The van der Waals surface area contributed by atoms with Crippen molar-refractivity contribution in [3.05, 3.63) is 29.8 Å². The summed E-state index contributed by atoms with van der Waals surface area (Å²) < 4.78 is 0. The standard InChI is InChI=1S/C15H24N2/c1-3-14(16)8-9-17-11-12(2)10-13-6-4-5-7-15(13)17/h4-7,12,14H,3,8-11,16H2,1-2H3. The molecule has 0 saturated carbocycles. The fourth-order valence-electron chi connectivity index (χ4n) is 2.64. The second-order valence-electron chi connectivity index (χ2n) is 5.34. The van der Waals surface area contributed by atoms with Gasteiger partial charge in [0.2, 0.25) is 0 Å². The molecule has 1 aromatic carbocycles. The molecule has 0 radical (unpaired) electrons. The molecule has 1 aliphatic rings. The Kier molecular flexibility index (Phi) is 4.06. The largest absolute Gasteiger partial charge is 0.371 e. The summed E-state index contributed by atoms with van der Waals surface area (Å²) in [7, 11) is 0. The Morgan fingerprint density at radius 2 is 2.18 bits per heavy atom. The Hall–Kier alpha value is -1.02. The maximum absolute atomic E-state index is 6.02. The molecule has 2 unspecified atom stereocenters. The molecule has 0 saturated heterocycles. The maximum atomic E-state index is 6.02. The van der Waals surface area contributed by atoms with E-state index < -0.39 is 0 Å². The van der Waals surface area contributed by atoms with E-state index in [9.17, 15) is 0 Å². The summed E-state index contributed by atoms with van der Waals surface area (Å²) in [5.74, 6) is 0.753. The fourth-order valence-corrected chi connectivity index (χ4v) is 2.64. The monoisotopic (exact) mass is 232 g/mol. The average Bonchev–Trinajstić information content (AvgIpc) is 2.35. The van der Waals surface area contributed by atoms with E-state index in [0.29, 0.717) is 6.04 Å². The third kappa shape index (κ3) is 3.01. The molecular formula is C15H24N2. The topological polar surface area (TPSA) is 29.3 Å². The maximum Gasteiger partial charge on any atom is 0.0398 e. The highest BCUT2D eigenvalue weighted by atomic mass is 15.1. The summed E-state index contributed by atoms with van der Waals surface area (Å²) in [5.41, 5.74) is 8.94. The van der Waals surface area contributed by atoms with Crippen LogP contribution in [-0.2, 0) is 6.42 Å². The number of para-hydroxylation sites is 1. The molecule has 2 heteroatoms. The first kappa shape index (κ1) is 12.4. The Bertz CT molecular complexity index is 362. The Morgan fingerprint density at radius 1 is 1.41 bits per heavy atom. The lowest BCUT2D eigenvalue weighted by atomic mass is 9.93. The van der Waals surface area contributed by atoms with Crippen molar-refractivity contribution in [3.63, 3.8) is 0 Å². The Labute approximate surface area is 105 Å². The Balaban J connectivity index is 2.07. The molecule has 0 spiro atoms. The van der Waals surface area contributed by atoms with Crippen molar-refractivity contribution in [2.24, 2.45) is 11.7 Å². The normalized spacial score (nSPS) is 21.1. The van der Waals surface area contributed by atoms with Gasteiger partial charge in [-0.05, 0) is 36.8 Å². The molecule has 2 rings (SSSR count). The number of rotatable bonds is 4. The van der Waals surface area contributed by atoms with E-state index in [1.165, 1.54) is 24.2 Å². The third-order valence-electron chi connectivity index (χ3n) is 3.73. The van der Waals surface area contributed by atoms with Crippen molar-refractivity contribution in [3.8, 4) is 0 Å². The zero-order valence-corrected chi connectivity index (χ0v) is 11.0. The highest BCUT2D eigenvalue weighted by Crippen LogP contribution is 2.29. The summed E-state index contributed by atoms with van der Waals surface area (Å²) in [6.07, 6.45) is 3.38. The molecule has 0 aliphatic carbocycles. The summed E-state index contributed by atoms with van der Waals surface area (Å²) in [5, 5.41) is 0. The highest BCUT2D eigenvalue weighted by molar-refractivity contribution is 5.55. The van der Waals surface area contributed by atoms with E-state index in [-0.39, 0.29) is 0 Å². The van der Waals surface area contributed by atoms with E-state index in [4.69, 9.17) is 5.73 Å². The molecule has 1 aromatic rings. The van der Waals surface area contributed by atoms with Gasteiger partial charge in [-0.25, -0.2) is 0 Å². The molecule has 2 atom stereocenters. The van der Waals surface area contributed by atoms with E-state index >= 15 is 0 Å². The van der Waals surface area contributed by atoms with Crippen LogP contribution in [0.25, 0.3) is 0 Å². The van der Waals surface area contributed by atoms with Crippen LogP contribution in [0.3, 0.4) is 0 Å². The smallest absolute Gasteiger partial charge is 0.0398 e. The van der Waals surface area contributed by atoms with E-state index in [1.54, 1.807) is 0 Å². The van der Waals surface area contributed by atoms with Gasteiger partial charge in [0.05, 0.1) is 0 Å². The van der Waals surface area contributed by atoms with Crippen LogP contribution < -0.4 is 10.6 Å². The SMILES string of the molecule is CCC(N)CCN1CC(C)Cc2ccccc21. The molecule has 1 heterocycles. The van der Waals surface area contributed by atoms with Gasteiger partial charge in [-0.3, -0.25) is 0 Å². The number of hydrogen-bond acceptors (Lipinski definition) is 2. The predicted molar refractivity (Wildman–Crippen MR) is 74.4 cm³/mol. The van der Waals surface area contributed by atoms with Crippen molar-refractivity contribution in [1.29, 1.82) is 0 Å². The van der Waals surface area contributed by atoms with Gasteiger partial charge in [0.15, 0.2) is 0 Å². The van der Waals surface area contributed by atoms with E-state index in [1.807, 2.05) is 0 Å². The van der Waals surface area contributed by atoms with Gasteiger partial charge in [0, 0.05) is 24.8 Å². The first-order valence-electron chi connectivity index (χ1n) is 6.79. The number of benzene rings is 1. The molecule has 2 nitrogen and oxygen atoms in total. The average molecular weight is 232 g/mol. The quantitative estimate of drug-likeness (QED) is 0.865. The first-order valence-corrected chi connectivity index (χ1v) is 6.79. The first-order chi connectivity index (χ1) is 8.20. The molecule has 2 N–H and O–H groups in total. The molecule has 17 heavy (non-hydrogen) atoms. The van der Waals surface area contributed by atoms with Gasteiger partial charge < -0.3 is 10.6 Å². The molecule has 0 amide bonds. The van der Waals surface area contributed by atoms with Gasteiger partial charge >= 0.3 is 0 Å². The molecule has 1 aliphatic heterocycles. The van der Waals surface area contributed by atoms with Gasteiger partial charge in [0.1, 0.15) is 0 Å². The van der Waals surface area contributed by atoms with Crippen LogP contribution in [0.1, 0.15) is 32.3 Å². The van der Waals surface area contributed by atoms with E-state index in [2.05, 4.69) is 43.0 Å². The highest BCUT2D eigenvalue weighted by Gasteiger charge is 2.21. The zero-order valence-electron chi connectivity index (χ0n) is 11.0. The van der Waals surface area contributed by atoms with Crippen LogP contribution in [0, 0.1) is 5.92 Å². The minimum absolute atomic E-state index is 0.347. The molecule has 0 bridgehead atoms. The minimum atomic E-state index is 0.347. The molecule has 0 fully saturated rings. The zero-order chi connectivity index (χ0) is 12.3. The van der Waals surface area contributed by atoms with Crippen LogP contribution >= 0.6 is 0 Å². The number of nitrogens with two attached hydrogens (primary N) is 1. The van der Waals surface area contributed by atoms with Crippen molar-refractivity contribution in [2.75, 3.05) is 18.0 Å². The number of hydrogen-bond donors (Lipinski definition) is 1. The number of fused-ring (bicyclic) bond motifs is 1. The van der Waals surface area contributed by atoms with Gasteiger partial charge in [-0.2, -0.15) is 0 Å². The lowest BCUT2D eigenvalue weighted by molar-refractivity contribution is 0.506. The van der Waals surface area contributed by atoms with Crippen LogP contribution in [0.15, 0.2) is 24.3 Å². The lowest BCUT2D eigenvalue weighted by Gasteiger charge is -2.35. The van der Waals surface area contributed by atoms with Crippen molar-refractivity contribution in [1.82, 2.24) is 0 Å². The van der Waals surface area contributed by atoms with Crippen molar-refractivity contribution in [2.45, 2.75) is 39.2 Å².